The molecule has 2 aromatic rings. The Bertz CT molecular complexity index is 713. The lowest BCUT2D eigenvalue weighted by Crippen LogP contribution is -2.27. The molecule has 104 valence electrons. The summed E-state index contributed by atoms with van der Waals surface area (Å²) in [4.78, 5) is 12.2. The first-order valence-electron chi connectivity index (χ1n) is 5.84. The molecule has 2 rings (SSSR count). The van der Waals surface area contributed by atoms with Crippen LogP contribution in [0.5, 0.6) is 0 Å². The molecule has 7 nitrogen and oxygen atoms in total. The van der Waals surface area contributed by atoms with Gasteiger partial charge in [0.25, 0.3) is 5.56 Å². The second kappa shape index (κ2) is 5.75. The zero-order chi connectivity index (χ0) is 14.7. The first-order chi connectivity index (χ1) is 9.54. The fourth-order valence-electron chi connectivity index (χ4n) is 1.76. The molecular formula is C12H13ClN6O. The molecule has 0 amide bonds. The summed E-state index contributed by atoms with van der Waals surface area (Å²) >= 11 is 6.01. The number of aryl methyl sites for hydroxylation is 1. The molecule has 8 heteroatoms. The number of hydrogen-bond acceptors (Lipinski definition) is 5. The van der Waals surface area contributed by atoms with E-state index in [1.165, 1.54) is 6.20 Å². The highest BCUT2D eigenvalue weighted by Gasteiger charge is 2.16. The number of nitrogens with zero attached hydrogens (tertiary/aromatic N) is 5. The molecule has 0 aliphatic rings. The third kappa shape index (κ3) is 2.65. The van der Waals surface area contributed by atoms with Gasteiger partial charge < -0.3 is 9.88 Å². The summed E-state index contributed by atoms with van der Waals surface area (Å²) in [6, 6.07) is -0.241. The van der Waals surface area contributed by atoms with Crippen molar-refractivity contribution in [1.29, 1.82) is 0 Å². The summed E-state index contributed by atoms with van der Waals surface area (Å²) in [5.74, 6) is 3.05. The summed E-state index contributed by atoms with van der Waals surface area (Å²) in [6.45, 7) is 1.94. The number of terminal acetylenes is 1. The second-order valence-corrected chi connectivity index (χ2v) is 4.61. The van der Waals surface area contributed by atoms with E-state index in [1.807, 2.05) is 14.0 Å². The topological polar surface area (TPSA) is 77.6 Å². The van der Waals surface area contributed by atoms with Gasteiger partial charge in [-0.05, 0) is 6.92 Å². The van der Waals surface area contributed by atoms with Gasteiger partial charge in [-0.1, -0.05) is 17.5 Å². The van der Waals surface area contributed by atoms with Gasteiger partial charge in [0.15, 0.2) is 5.82 Å². The fourth-order valence-corrected chi connectivity index (χ4v) is 1.94. The van der Waals surface area contributed by atoms with Gasteiger partial charge in [-0.2, -0.15) is 5.10 Å². The molecule has 0 spiro atoms. The molecule has 2 heterocycles. The number of nitrogens with one attached hydrogen (secondary N) is 1. The van der Waals surface area contributed by atoms with Gasteiger partial charge in [0.1, 0.15) is 18.6 Å². The molecule has 0 radical (unpaired) electrons. The van der Waals surface area contributed by atoms with Gasteiger partial charge in [-0.25, -0.2) is 4.68 Å². The number of anilines is 1. The predicted molar refractivity (Wildman–Crippen MR) is 75.4 cm³/mol. The van der Waals surface area contributed by atoms with Crippen molar-refractivity contribution in [3.8, 4) is 12.3 Å². The van der Waals surface area contributed by atoms with Crippen molar-refractivity contribution in [1.82, 2.24) is 24.5 Å². The van der Waals surface area contributed by atoms with Gasteiger partial charge in [0.2, 0.25) is 0 Å². The molecule has 1 unspecified atom stereocenters. The fraction of sp³-hybridized carbons (Fsp3) is 0.333. The van der Waals surface area contributed by atoms with E-state index in [9.17, 15) is 4.79 Å². The van der Waals surface area contributed by atoms with Crippen LogP contribution in [0.3, 0.4) is 0 Å². The van der Waals surface area contributed by atoms with Crippen molar-refractivity contribution in [3.63, 3.8) is 0 Å². The monoisotopic (exact) mass is 292 g/mol. The van der Waals surface area contributed by atoms with E-state index >= 15 is 0 Å². The predicted octanol–water partition coefficient (Wildman–Crippen LogP) is 0.831. The van der Waals surface area contributed by atoms with Gasteiger partial charge in [-0.3, -0.25) is 4.79 Å². The lowest BCUT2D eigenvalue weighted by molar-refractivity contribution is 0.658. The Kier molecular flexibility index (Phi) is 4.05. The molecule has 1 atom stereocenters. The Morgan fingerprint density at radius 2 is 2.35 bits per heavy atom. The smallest absolute Gasteiger partial charge is 0.292 e. The van der Waals surface area contributed by atoms with Gasteiger partial charge in [0, 0.05) is 7.05 Å². The van der Waals surface area contributed by atoms with E-state index in [0.717, 1.165) is 4.68 Å². The second-order valence-electron chi connectivity index (χ2n) is 4.20. The molecule has 20 heavy (non-hydrogen) atoms. The Hall–Kier alpha value is -2.33. The quantitative estimate of drug-likeness (QED) is 0.845. The lowest BCUT2D eigenvalue weighted by Gasteiger charge is -2.15. The lowest BCUT2D eigenvalue weighted by atomic mass is 10.3. The molecule has 0 saturated carbocycles. The van der Waals surface area contributed by atoms with E-state index in [-0.39, 0.29) is 28.9 Å². The largest absolute Gasteiger partial charge is 0.370 e. The van der Waals surface area contributed by atoms with Crippen LogP contribution in [0.15, 0.2) is 17.3 Å². The Morgan fingerprint density at radius 3 is 2.95 bits per heavy atom. The normalized spacial score (nSPS) is 11.9. The van der Waals surface area contributed by atoms with Crippen LogP contribution in [0, 0.1) is 12.3 Å². The van der Waals surface area contributed by atoms with Crippen LogP contribution in [0.25, 0.3) is 0 Å². The van der Waals surface area contributed by atoms with Crippen LogP contribution in [0.4, 0.5) is 5.69 Å². The average Bonchev–Trinajstić information content (AvgIpc) is 2.84. The van der Waals surface area contributed by atoms with Crippen LogP contribution >= 0.6 is 11.6 Å². The number of rotatable bonds is 4. The molecule has 0 bridgehead atoms. The van der Waals surface area contributed by atoms with E-state index in [1.54, 1.807) is 10.9 Å². The maximum Gasteiger partial charge on any atom is 0.292 e. The summed E-state index contributed by atoms with van der Waals surface area (Å²) in [7, 11) is 1.82. The molecule has 0 saturated heterocycles. The van der Waals surface area contributed by atoms with Gasteiger partial charge >= 0.3 is 0 Å². The van der Waals surface area contributed by atoms with Crippen molar-refractivity contribution in [2.75, 3.05) is 5.32 Å². The molecule has 2 aromatic heterocycles. The van der Waals surface area contributed by atoms with Crippen molar-refractivity contribution in [3.05, 3.63) is 33.7 Å². The van der Waals surface area contributed by atoms with E-state index < -0.39 is 0 Å². The first-order valence-corrected chi connectivity index (χ1v) is 6.22. The minimum atomic E-state index is -0.371. The zero-order valence-electron chi connectivity index (χ0n) is 11.0. The van der Waals surface area contributed by atoms with Crippen LogP contribution in [-0.2, 0) is 13.6 Å². The van der Waals surface area contributed by atoms with E-state index in [0.29, 0.717) is 5.82 Å². The molecular weight excluding hydrogens is 280 g/mol. The van der Waals surface area contributed by atoms with Crippen LogP contribution in [0.2, 0.25) is 5.02 Å². The van der Waals surface area contributed by atoms with E-state index in [2.05, 4.69) is 26.5 Å². The maximum absolute atomic E-state index is 12.2. The zero-order valence-corrected chi connectivity index (χ0v) is 11.8. The molecule has 0 aliphatic carbocycles. The summed E-state index contributed by atoms with van der Waals surface area (Å²) in [5, 5.41) is 14.9. The molecule has 1 N–H and O–H groups in total. The van der Waals surface area contributed by atoms with Crippen molar-refractivity contribution < 1.29 is 0 Å². The summed E-state index contributed by atoms with van der Waals surface area (Å²) in [6.07, 6.45) is 8.15. The Balaban J connectivity index is 2.34. The van der Waals surface area contributed by atoms with E-state index in [4.69, 9.17) is 18.0 Å². The van der Waals surface area contributed by atoms with Crippen molar-refractivity contribution >= 4 is 17.3 Å². The van der Waals surface area contributed by atoms with Crippen LogP contribution in [-0.4, -0.2) is 24.5 Å². The van der Waals surface area contributed by atoms with Gasteiger partial charge in [-0.15, -0.1) is 16.6 Å². The SMILES string of the molecule is C#CCn1ncc(Cl)c(NC(C)c2nncn2C)c1=O. The Labute approximate surface area is 120 Å². The van der Waals surface area contributed by atoms with Crippen LogP contribution in [0.1, 0.15) is 18.8 Å². The number of hydrogen-bond donors (Lipinski definition) is 1. The van der Waals surface area contributed by atoms with Crippen molar-refractivity contribution in [2.24, 2.45) is 7.05 Å². The minimum absolute atomic E-state index is 0.0863. The Morgan fingerprint density at radius 1 is 1.60 bits per heavy atom. The molecule has 0 aromatic carbocycles. The first kappa shape index (κ1) is 14.1. The number of halogens is 1. The maximum atomic E-state index is 12.2. The number of aromatic nitrogens is 5. The summed E-state index contributed by atoms with van der Waals surface area (Å²) in [5.41, 5.74) is -0.128. The third-order valence-electron chi connectivity index (χ3n) is 2.73. The highest BCUT2D eigenvalue weighted by molar-refractivity contribution is 6.33. The standard InChI is InChI=1S/C12H13ClN6O/c1-4-5-19-12(20)10(9(13)6-15-19)16-8(2)11-17-14-7-18(11)3/h1,6-8,16H,5H2,2-3H3. The highest BCUT2D eigenvalue weighted by atomic mass is 35.5. The highest BCUT2D eigenvalue weighted by Crippen LogP contribution is 2.20. The van der Waals surface area contributed by atoms with Crippen LogP contribution < -0.4 is 10.9 Å². The van der Waals surface area contributed by atoms with Crippen molar-refractivity contribution in [2.45, 2.75) is 19.5 Å². The third-order valence-corrected chi connectivity index (χ3v) is 3.02. The summed E-state index contributed by atoms with van der Waals surface area (Å²) < 4.78 is 2.92. The minimum Gasteiger partial charge on any atom is -0.370 e. The molecule has 0 aliphatic heterocycles. The van der Waals surface area contributed by atoms with Gasteiger partial charge in [0.05, 0.1) is 17.3 Å². The molecule has 0 fully saturated rings. The average molecular weight is 293 g/mol.